The number of rotatable bonds is 2. The van der Waals surface area contributed by atoms with Gasteiger partial charge in [0.15, 0.2) is 0 Å². The van der Waals surface area contributed by atoms with E-state index in [0.717, 1.165) is 0 Å². The third kappa shape index (κ3) is 17.8. The molecule has 0 aliphatic rings. The van der Waals surface area contributed by atoms with Crippen LogP contribution in [-0.2, 0) is 9.59 Å². The van der Waals surface area contributed by atoms with Crippen molar-refractivity contribution in [3.05, 3.63) is 22.9 Å². The van der Waals surface area contributed by atoms with Crippen LogP contribution in [0.4, 0.5) is 0 Å². The number of carbonyl (C=O) groups excluding carboxylic acids is 2. The van der Waals surface area contributed by atoms with Crippen molar-refractivity contribution >= 4 is 23.3 Å². The van der Waals surface area contributed by atoms with Crippen molar-refractivity contribution in [2.75, 3.05) is 0 Å². The van der Waals surface area contributed by atoms with Crippen molar-refractivity contribution in [3.63, 3.8) is 0 Å². The summed E-state index contributed by atoms with van der Waals surface area (Å²) >= 11 is 1.71. The van der Waals surface area contributed by atoms with Gasteiger partial charge in [0, 0.05) is 18.4 Å². The maximum absolute atomic E-state index is 9.28. The molecule has 1 aromatic rings. The Bertz CT molecular complexity index is 209. The van der Waals surface area contributed by atoms with Crippen LogP contribution >= 0.6 is 11.3 Å². The topological polar surface area (TPSA) is 80.3 Å². The van der Waals surface area contributed by atoms with Crippen LogP contribution in [0.15, 0.2) is 22.9 Å². The third-order valence-corrected chi connectivity index (χ3v) is 1.34. The van der Waals surface area contributed by atoms with Crippen molar-refractivity contribution in [3.8, 4) is 0 Å². The van der Waals surface area contributed by atoms with Gasteiger partial charge >= 0.3 is 37.7 Å². The van der Waals surface area contributed by atoms with Crippen LogP contribution in [0.25, 0.3) is 0 Å². The number of hydrogen-bond donors (Lipinski definition) is 0. The summed E-state index contributed by atoms with van der Waals surface area (Å²) in [5, 5.41) is 22.6. The van der Waals surface area contributed by atoms with Crippen molar-refractivity contribution in [2.24, 2.45) is 0 Å². The minimum absolute atomic E-state index is 0. The molecule has 0 amide bonds. The van der Waals surface area contributed by atoms with Gasteiger partial charge in [-0.25, -0.2) is 0 Å². The molecule has 0 radical (unpaired) electrons. The molecule has 7 heteroatoms. The summed E-state index contributed by atoms with van der Waals surface area (Å²) in [5.74, 6) is -3.25. The smallest absolute Gasteiger partial charge is 0.550 e. The monoisotopic (exact) mass is 200 g/mol. The van der Waals surface area contributed by atoms with E-state index < -0.39 is 18.4 Å². The number of thiophene rings is 1. The standard InChI is InChI=1S/C4H4S.C3H4O4.2Li/c1-2-4-5-3-1;4-2(5)1-3(6)7;;/h1-4H;1H2,(H,4,5)(H,6,7);;/q;;2*+1/p-2. The quantitative estimate of drug-likeness (QED) is 0.351. The molecule has 66 valence electrons. The zero-order valence-electron chi connectivity index (χ0n) is 8.06. The number of aliphatic carboxylic acids is 2. The van der Waals surface area contributed by atoms with E-state index >= 15 is 0 Å². The Morgan fingerprint density at radius 3 is 1.43 bits per heavy atom. The molecule has 0 saturated carbocycles. The molecule has 0 aliphatic carbocycles. The number of carbonyl (C=O) groups is 2. The van der Waals surface area contributed by atoms with Gasteiger partial charge in [-0.2, -0.15) is 11.3 Å². The largest absolute Gasteiger partial charge is 1.00 e. The minimum Gasteiger partial charge on any atom is -0.550 e. The van der Waals surface area contributed by atoms with E-state index in [2.05, 4.69) is 0 Å². The van der Waals surface area contributed by atoms with Gasteiger partial charge in [0.05, 0.1) is 0 Å². The van der Waals surface area contributed by atoms with Gasteiger partial charge < -0.3 is 19.8 Å². The minimum atomic E-state index is -1.63. The first-order valence-corrected chi connectivity index (χ1v) is 3.94. The van der Waals surface area contributed by atoms with Gasteiger partial charge in [-0.15, -0.1) is 0 Å². The molecule has 0 saturated heterocycles. The van der Waals surface area contributed by atoms with Crippen molar-refractivity contribution < 1.29 is 57.5 Å². The fraction of sp³-hybridized carbons (Fsp3) is 0.143. The Hall–Kier alpha value is -0.165. The van der Waals surface area contributed by atoms with Gasteiger partial charge in [-0.3, -0.25) is 0 Å². The SMILES string of the molecule is O=C([O-])CC(=O)[O-].[Li+].[Li+].c1ccsc1. The summed E-state index contributed by atoms with van der Waals surface area (Å²) in [6, 6.07) is 4.04. The molecule has 0 unspecified atom stereocenters. The van der Waals surface area contributed by atoms with Crippen LogP contribution in [0.1, 0.15) is 6.42 Å². The van der Waals surface area contributed by atoms with E-state index in [4.69, 9.17) is 0 Å². The predicted molar refractivity (Wildman–Crippen MR) is 39.0 cm³/mol. The predicted octanol–water partition coefficient (Wildman–Crippen LogP) is -7.37. The number of carboxylic acid groups (broad SMARTS) is 2. The summed E-state index contributed by atoms with van der Waals surface area (Å²) < 4.78 is 0. The summed E-state index contributed by atoms with van der Waals surface area (Å²) in [4.78, 5) is 18.6. The molecular formula is C7H6Li2O4S. The van der Waals surface area contributed by atoms with Crippen molar-refractivity contribution in [2.45, 2.75) is 6.42 Å². The molecule has 0 fully saturated rings. The second-order valence-electron chi connectivity index (χ2n) is 1.71. The van der Waals surface area contributed by atoms with Crippen LogP contribution in [0.2, 0.25) is 0 Å². The molecule has 0 N–H and O–H groups in total. The molecule has 0 spiro atoms. The fourth-order valence-corrected chi connectivity index (χ4v) is 0.798. The van der Waals surface area contributed by atoms with Crippen molar-refractivity contribution in [1.82, 2.24) is 0 Å². The molecule has 1 rings (SSSR count). The van der Waals surface area contributed by atoms with Gasteiger partial charge in [0.2, 0.25) is 0 Å². The number of carboxylic acids is 2. The van der Waals surface area contributed by atoms with E-state index in [9.17, 15) is 19.8 Å². The summed E-state index contributed by atoms with van der Waals surface area (Å²) in [6.45, 7) is 0. The van der Waals surface area contributed by atoms with E-state index in [1.165, 1.54) is 0 Å². The van der Waals surface area contributed by atoms with Crippen LogP contribution in [-0.4, -0.2) is 11.9 Å². The molecule has 0 aromatic carbocycles. The molecule has 0 aliphatic heterocycles. The number of hydrogen-bond acceptors (Lipinski definition) is 5. The summed E-state index contributed by atoms with van der Waals surface area (Å²) in [5.41, 5.74) is 0. The molecule has 0 bridgehead atoms. The molecule has 14 heavy (non-hydrogen) atoms. The van der Waals surface area contributed by atoms with E-state index in [1.807, 2.05) is 22.9 Å². The van der Waals surface area contributed by atoms with Gasteiger partial charge in [-0.05, 0) is 10.8 Å². The normalized spacial score (nSPS) is 6.86. The summed E-state index contributed by atoms with van der Waals surface area (Å²) in [7, 11) is 0. The van der Waals surface area contributed by atoms with Crippen LogP contribution < -0.4 is 47.9 Å². The van der Waals surface area contributed by atoms with Gasteiger partial charge in [0.1, 0.15) is 0 Å². The molecule has 1 aromatic heterocycles. The molecule has 4 nitrogen and oxygen atoms in total. The summed E-state index contributed by atoms with van der Waals surface area (Å²) in [6.07, 6.45) is -1.03. The van der Waals surface area contributed by atoms with E-state index in [1.54, 1.807) is 11.3 Å². The third-order valence-electron chi connectivity index (χ3n) is 0.714. The Morgan fingerprint density at radius 2 is 1.36 bits per heavy atom. The second-order valence-corrected chi connectivity index (χ2v) is 2.53. The second kappa shape index (κ2) is 12.8. The Kier molecular flexibility index (Phi) is 17.8. The zero-order valence-corrected chi connectivity index (χ0v) is 8.87. The van der Waals surface area contributed by atoms with E-state index in [0.29, 0.717) is 0 Å². The van der Waals surface area contributed by atoms with Crippen LogP contribution in [0, 0.1) is 0 Å². The van der Waals surface area contributed by atoms with E-state index in [-0.39, 0.29) is 37.7 Å². The molecule has 0 atom stereocenters. The first-order chi connectivity index (χ1) is 5.63. The zero-order chi connectivity index (χ0) is 9.40. The first kappa shape index (κ1) is 19.4. The molecule has 1 heterocycles. The van der Waals surface area contributed by atoms with Crippen LogP contribution in [0.5, 0.6) is 0 Å². The Labute approximate surface area is 110 Å². The van der Waals surface area contributed by atoms with Gasteiger partial charge in [-0.1, -0.05) is 12.1 Å². The maximum atomic E-state index is 9.28. The first-order valence-electron chi connectivity index (χ1n) is 3.00. The average Bonchev–Trinajstić information content (AvgIpc) is 2.36. The Balaban J connectivity index is -0.000000155. The molecular weight excluding hydrogens is 194 g/mol. The average molecular weight is 200 g/mol. The van der Waals surface area contributed by atoms with Crippen molar-refractivity contribution in [1.29, 1.82) is 0 Å². The van der Waals surface area contributed by atoms with Crippen LogP contribution in [0.3, 0.4) is 0 Å². The fourth-order valence-electron chi connectivity index (χ4n) is 0.345. The maximum Gasteiger partial charge on any atom is 1.00 e. The Morgan fingerprint density at radius 1 is 1.00 bits per heavy atom. The van der Waals surface area contributed by atoms with Gasteiger partial charge in [0.25, 0.3) is 0 Å².